The molecule has 1 heterocycles. The molecule has 3 nitrogen and oxygen atoms in total. The minimum atomic E-state index is 0.533. The number of fused-ring (bicyclic) bond motifs is 1. The maximum Gasteiger partial charge on any atom is 0.139 e. The van der Waals surface area contributed by atoms with Gasteiger partial charge in [-0.3, -0.25) is 0 Å². The van der Waals surface area contributed by atoms with Gasteiger partial charge in [-0.15, -0.1) is 0 Å². The number of rotatable bonds is 4. The SMILES string of the molecule is COCn1nc(-c2ccccc2)c2c1[C@H](C(C)C)CC[C@@H]2C. The van der Waals surface area contributed by atoms with Gasteiger partial charge < -0.3 is 4.74 Å². The Morgan fingerprint density at radius 3 is 2.59 bits per heavy atom. The summed E-state index contributed by atoms with van der Waals surface area (Å²) in [5, 5.41) is 4.93. The number of nitrogens with zero attached hydrogens (tertiary/aromatic N) is 2. The van der Waals surface area contributed by atoms with Gasteiger partial charge in [-0.2, -0.15) is 5.10 Å². The second-order valence-electron chi connectivity index (χ2n) is 6.76. The molecule has 0 saturated heterocycles. The zero-order chi connectivity index (χ0) is 15.7. The van der Waals surface area contributed by atoms with Crippen molar-refractivity contribution < 1.29 is 4.74 Å². The van der Waals surface area contributed by atoms with E-state index in [4.69, 9.17) is 9.84 Å². The van der Waals surface area contributed by atoms with Crippen molar-refractivity contribution in [1.82, 2.24) is 9.78 Å². The molecule has 2 aromatic rings. The quantitative estimate of drug-likeness (QED) is 0.811. The summed E-state index contributed by atoms with van der Waals surface area (Å²) < 4.78 is 7.50. The second-order valence-corrected chi connectivity index (χ2v) is 6.76. The normalized spacial score (nSPS) is 21.1. The molecule has 0 aliphatic heterocycles. The van der Waals surface area contributed by atoms with E-state index in [0.29, 0.717) is 24.5 Å². The molecule has 1 aromatic carbocycles. The standard InChI is InChI=1S/C19H26N2O/c1-13(2)16-11-10-14(3)17-18(15-8-6-5-7-9-15)20-21(12-22-4)19(16)17/h5-9,13-14,16H,10-12H2,1-4H3/t14-,16-/m0/s1. The lowest BCUT2D eigenvalue weighted by Gasteiger charge is -2.31. The molecule has 22 heavy (non-hydrogen) atoms. The Labute approximate surface area is 133 Å². The van der Waals surface area contributed by atoms with Crippen molar-refractivity contribution in [3.05, 3.63) is 41.6 Å². The molecule has 3 heteroatoms. The molecule has 1 aromatic heterocycles. The zero-order valence-electron chi connectivity index (χ0n) is 14.0. The summed E-state index contributed by atoms with van der Waals surface area (Å²) in [7, 11) is 1.74. The summed E-state index contributed by atoms with van der Waals surface area (Å²) in [4.78, 5) is 0. The van der Waals surface area contributed by atoms with Gasteiger partial charge >= 0.3 is 0 Å². The molecule has 0 N–H and O–H groups in total. The van der Waals surface area contributed by atoms with Crippen molar-refractivity contribution in [2.24, 2.45) is 5.92 Å². The van der Waals surface area contributed by atoms with E-state index in [9.17, 15) is 0 Å². The van der Waals surface area contributed by atoms with Gasteiger partial charge in [0.1, 0.15) is 6.73 Å². The summed E-state index contributed by atoms with van der Waals surface area (Å²) in [5.41, 5.74) is 5.19. The lowest BCUT2D eigenvalue weighted by atomic mass is 9.75. The molecule has 0 radical (unpaired) electrons. The molecular weight excluding hydrogens is 272 g/mol. The molecule has 118 valence electrons. The van der Waals surface area contributed by atoms with E-state index in [2.05, 4.69) is 55.8 Å². The summed E-state index contributed by atoms with van der Waals surface area (Å²) in [6.07, 6.45) is 2.49. The first-order chi connectivity index (χ1) is 10.6. The maximum absolute atomic E-state index is 5.41. The second kappa shape index (κ2) is 6.25. The van der Waals surface area contributed by atoms with Gasteiger partial charge in [-0.25, -0.2) is 4.68 Å². The minimum Gasteiger partial charge on any atom is -0.362 e. The summed E-state index contributed by atoms with van der Waals surface area (Å²) in [6.45, 7) is 7.50. The van der Waals surface area contributed by atoms with Crippen LogP contribution in [-0.2, 0) is 11.5 Å². The number of benzene rings is 1. The summed E-state index contributed by atoms with van der Waals surface area (Å²) in [6, 6.07) is 10.5. The zero-order valence-corrected chi connectivity index (χ0v) is 14.0. The third-order valence-electron chi connectivity index (χ3n) is 4.89. The molecular formula is C19H26N2O. The van der Waals surface area contributed by atoms with Crippen LogP contribution in [-0.4, -0.2) is 16.9 Å². The van der Waals surface area contributed by atoms with E-state index in [1.54, 1.807) is 7.11 Å². The third-order valence-corrected chi connectivity index (χ3v) is 4.89. The third kappa shape index (κ3) is 2.58. The van der Waals surface area contributed by atoms with Gasteiger partial charge in [0, 0.05) is 29.8 Å². The highest BCUT2D eigenvalue weighted by Gasteiger charge is 2.34. The van der Waals surface area contributed by atoms with E-state index in [0.717, 1.165) is 5.69 Å². The highest BCUT2D eigenvalue weighted by molar-refractivity contribution is 5.65. The molecule has 0 bridgehead atoms. The predicted molar refractivity (Wildman–Crippen MR) is 89.9 cm³/mol. The van der Waals surface area contributed by atoms with Crippen LogP contribution in [0.2, 0.25) is 0 Å². The van der Waals surface area contributed by atoms with Crippen molar-refractivity contribution in [3.63, 3.8) is 0 Å². The van der Waals surface area contributed by atoms with E-state index >= 15 is 0 Å². The Morgan fingerprint density at radius 1 is 1.23 bits per heavy atom. The average Bonchev–Trinajstić information content (AvgIpc) is 2.89. The van der Waals surface area contributed by atoms with Crippen LogP contribution in [0.25, 0.3) is 11.3 Å². The molecule has 1 aliphatic carbocycles. The molecule has 1 aliphatic rings. The number of aromatic nitrogens is 2. The Balaban J connectivity index is 2.19. The topological polar surface area (TPSA) is 27.1 Å². The van der Waals surface area contributed by atoms with E-state index in [1.807, 2.05) is 0 Å². The van der Waals surface area contributed by atoms with Gasteiger partial charge in [-0.05, 0) is 24.7 Å². The molecule has 0 saturated carbocycles. The van der Waals surface area contributed by atoms with E-state index < -0.39 is 0 Å². The Hall–Kier alpha value is -1.61. The van der Waals surface area contributed by atoms with Crippen molar-refractivity contribution >= 4 is 0 Å². The molecule has 3 rings (SSSR count). The van der Waals surface area contributed by atoms with Crippen molar-refractivity contribution in [1.29, 1.82) is 0 Å². The van der Waals surface area contributed by atoms with Crippen LogP contribution in [0, 0.1) is 5.92 Å². The summed E-state index contributed by atoms with van der Waals surface area (Å²) in [5.74, 6) is 1.76. The maximum atomic E-state index is 5.41. The van der Waals surface area contributed by atoms with Crippen LogP contribution in [0.15, 0.2) is 30.3 Å². The van der Waals surface area contributed by atoms with E-state index in [-0.39, 0.29) is 0 Å². The first-order valence-electron chi connectivity index (χ1n) is 8.28. The highest BCUT2D eigenvalue weighted by atomic mass is 16.5. The smallest absolute Gasteiger partial charge is 0.139 e. The minimum absolute atomic E-state index is 0.533. The number of ether oxygens (including phenoxy) is 1. The Bertz CT molecular complexity index is 630. The van der Waals surface area contributed by atoms with Gasteiger partial charge in [0.15, 0.2) is 0 Å². The van der Waals surface area contributed by atoms with Crippen LogP contribution < -0.4 is 0 Å². The Morgan fingerprint density at radius 2 is 1.95 bits per heavy atom. The van der Waals surface area contributed by atoms with Crippen LogP contribution in [0.1, 0.15) is 56.7 Å². The summed E-state index contributed by atoms with van der Waals surface area (Å²) >= 11 is 0. The average molecular weight is 298 g/mol. The highest BCUT2D eigenvalue weighted by Crippen LogP contribution is 2.46. The van der Waals surface area contributed by atoms with Crippen molar-refractivity contribution in [2.45, 2.75) is 52.2 Å². The first-order valence-corrected chi connectivity index (χ1v) is 8.28. The number of methoxy groups -OCH3 is 1. The van der Waals surface area contributed by atoms with Crippen LogP contribution >= 0.6 is 0 Å². The molecule has 0 fully saturated rings. The van der Waals surface area contributed by atoms with Gasteiger partial charge in [-0.1, -0.05) is 51.1 Å². The van der Waals surface area contributed by atoms with Crippen molar-refractivity contribution in [2.75, 3.05) is 7.11 Å². The van der Waals surface area contributed by atoms with Gasteiger partial charge in [0.2, 0.25) is 0 Å². The molecule has 0 spiro atoms. The van der Waals surface area contributed by atoms with E-state index in [1.165, 1.54) is 29.7 Å². The monoisotopic (exact) mass is 298 g/mol. The number of hydrogen-bond acceptors (Lipinski definition) is 2. The Kier molecular flexibility index (Phi) is 4.34. The number of hydrogen-bond donors (Lipinski definition) is 0. The largest absolute Gasteiger partial charge is 0.362 e. The van der Waals surface area contributed by atoms with Crippen LogP contribution in [0.4, 0.5) is 0 Å². The van der Waals surface area contributed by atoms with Crippen LogP contribution in [0.3, 0.4) is 0 Å². The predicted octanol–water partition coefficient (Wildman–Crippen LogP) is 4.79. The lowest BCUT2D eigenvalue weighted by molar-refractivity contribution is 0.115. The van der Waals surface area contributed by atoms with Gasteiger partial charge in [0.05, 0.1) is 5.69 Å². The fourth-order valence-electron chi connectivity index (χ4n) is 3.76. The fourth-order valence-corrected chi connectivity index (χ4v) is 3.76. The first kappa shape index (κ1) is 15.3. The molecule has 2 atom stereocenters. The van der Waals surface area contributed by atoms with Crippen molar-refractivity contribution in [3.8, 4) is 11.3 Å². The van der Waals surface area contributed by atoms with Gasteiger partial charge in [0.25, 0.3) is 0 Å². The van der Waals surface area contributed by atoms with Crippen LogP contribution in [0.5, 0.6) is 0 Å². The fraction of sp³-hybridized carbons (Fsp3) is 0.526. The molecule has 0 amide bonds. The molecule has 0 unspecified atom stereocenters. The lowest BCUT2D eigenvalue weighted by Crippen LogP contribution is -2.21.